The number of aryl methyl sites for hydroxylation is 1. The molecular weight excluding hydrogens is 262 g/mol. The maximum absolute atomic E-state index is 12.4. The second-order valence-corrected chi connectivity index (χ2v) is 5.34. The largest absolute Gasteiger partial charge is 0.336 e. The lowest BCUT2D eigenvalue weighted by Crippen LogP contribution is -2.48. The Morgan fingerprint density at radius 2 is 2.00 bits per heavy atom. The van der Waals surface area contributed by atoms with Gasteiger partial charge >= 0.3 is 0 Å². The minimum Gasteiger partial charge on any atom is -0.336 e. The van der Waals surface area contributed by atoms with Crippen molar-refractivity contribution in [1.82, 2.24) is 14.8 Å². The maximum Gasteiger partial charge on any atom is 0.254 e. The van der Waals surface area contributed by atoms with Gasteiger partial charge in [0.05, 0.1) is 0 Å². The summed E-state index contributed by atoms with van der Waals surface area (Å²) in [4.78, 5) is 20.8. The average Bonchev–Trinajstić information content (AvgIpc) is 2.38. The average molecular weight is 282 g/mol. The standard InChI is InChI=1S/C14H20ClN3O/c1-3-4-17-5-7-18(8-6-17)14(19)12-9-11(2)16-13(15)10-12/h9-10H,3-8H2,1-2H3. The van der Waals surface area contributed by atoms with E-state index < -0.39 is 0 Å². The molecule has 1 aliphatic rings. The van der Waals surface area contributed by atoms with Crippen LogP contribution in [0.3, 0.4) is 0 Å². The van der Waals surface area contributed by atoms with Crippen LogP contribution in [-0.2, 0) is 0 Å². The highest BCUT2D eigenvalue weighted by Crippen LogP contribution is 2.14. The topological polar surface area (TPSA) is 36.4 Å². The molecule has 0 spiro atoms. The van der Waals surface area contributed by atoms with E-state index in [1.807, 2.05) is 11.8 Å². The van der Waals surface area contributed by atoms with Gasteiger partial charge in [0, 0.05) is 37.4 Å². The third-order valence-corrected chi connectivity index (χ3v) is 3.56. The molecule has 1 aromatic rings. The third-order valence-electron chi connectivity index (χ3n) is 3.37. The van der Waals surface area contributed by atoms with E-state index >= 15 is 0 Å². The summed E-state index contributed by atoms with van der Waals surface area (Å²) in [6.07, 6.45) is 1.16. The molecular formula is C14H20ClN3O. The molecule has 0 aliphatic carbocycles. The number of nitrogens with zero attached hydrogens (tertiary/aromatic N) is 3. The molecule has 1 amide bonds. The smallest absolute Gasteiger partial charge is 0.254 e. The first-order valence-corrected chi connectivity index (χ1v) is 7.13. The minimum atomic E-state index is 0.0588. The molecule has 0 bridgehead atoms. The van der Waals surface area contributed by atoms with Crippen molar-refractivity contribution >= 4 is 17.5 Å². The van der Waals surface area contributed by atoms with Crippen molar-refractivity contribution in [3.8, 4) is 0 Å². The van der Waals surface area contributed by atoms with Gasteiger partial charge < -0.3 is 4.90 Å². The number of carbonyl (C=O) groups excluding carboxylic acids is 1. The van der Waals surface area contributed by atoms with Gasteiger partial charge in [-0.05, 0) is 32.0 Å². The zero-order valence-electron chi connectivity index (χ0n) is 11.5. The monoisotopic (exact) mass is 281 g/mol. The van der Waals surface area contributed by atoms with Crippen LogP contribution < -0.4 is 0 Å². The highest BCUT2D eigenvalue weighted by molar-refractivity contribution is 6.29. The van der Waals surface area contributed by atoms with E-state index in [1.165, 1.54) is 0 Å². The number of rotatable bonds is 3. The Hall–Kier alpha value is -1.13. The number of halogens is 1. The van der Waals surface area contributed by atoms with Gasteiger partial charge in [-0.15, -0.1) is 0 Å². The van der Waals surface area contributed by atoms with Crippen LogP contribution in [0.2, 0.25) is 5.15 Å². The fourth-order valence-corrected chi connectivity index (χ4v) is 2.68. The minimum absolute atomic E-state index is 0.0588. The van der Waals surface area contributed by atoms with Crippen molar-refractivity contribution in [2.24, 2.45) is 0 Å². The van der Waals surface area contributed by atoms with Crippen LogP contribution in [0.25, 0.3) is 0 Å². The molecule has 104 valence electrons. The second kappa shape index (κ2) is 6.35. The lowest BCUT2D eigenvalue weighted by atomic mass is 10.2. The van der Waals surface area contributed by atoms with Crippen molar-refractivity contribution < 1.29 is 4.79 Å². The highest BCUT2D eigenvalue weighted by Gasteiger charge is 2.22. The lowest BCUT2D eigenvalue weighted by Gasteiger charge is -2.34. The molecule has 4 nitrogen and oxygen atoms in total. The van der Waals surface area contributed by atoms with E-state index in [9.17, 15) is 4.79 Å². The Bertz CT molecular complexity index is 436. The summed E-state index contributed by atoms with van der Waals surface area (Å²) in [6.45, 7) is 8.63. The van der Waals surface area contributed by atoms with Gasteiger partial charge in [0.1, 0.15) is 5.15 Å². The lowest BCUT2D eigenvalue weighted by molar-refractivity contribution is 0.0637. The number of aromatic nitrogens is 1. The van der Waals surface area contributed by atoms with Crippen LogP contribution in [0, 0.1) is 6.92 Å². The van der Waals surface area contributed by atoms with E-state index in [0.29, 0.717) is 10.7 Å². The zero-order valence-corrected chi connectivity index (χ0v) is 12.3. The van der Waals surface area contributed by atoms with Gasteiger partial charge in [-0.3, -0.25) is 9.69 Å². The van der Waals surface area contributed by atoms with Gasteiger partial charge in [0.15, 0.2) is 0 Å². The van der Waals surface area contributed by atoms with Gasteiger partial charge in [-0.2, -0.15) is 0 Å². The van der Waals surface area contributed by atoms with E-state index in [0.717, 1.165) is 44.8 Å². The molecule has 2 rings (SSSR count). The normalized spacial score (nSPS) is 16.7. The van der Waals surface area contributed by atoms with Gasteiger partial charge in [-0.25, -0.2) is 4.98 Å². The fourth-order valence-electron chi connectivity index (χ4n) is 2.42. The third kappa shape index (κ3) is 3.67. The molecule has 0 N–H and O–H groups in total. The number of hydrogen-bond acceptors (Lipinski definition) is 3. The van der Waals surface area contributed by atoms with Gasteiger partial charge in [0.25, 0.3) is 5.91 Å². The molecule has 1 aromatic heterocycles. The summed E-state index contributed by atoms with van der Waals surface area (Å²) in [5.41, 5.74) is 1.42. The molecule has 0 unspecified atom stereocenters. The van der Waals surface area contributed by atoms with E-state index in [1.54, 1.807) is 12.1 Å². The first kappa shape index (κ1) is 14.3. The van der Waals surface area contributed by atoms with E-state index in [2.05, 4.69) is 16.8 Å². The van der Waals surface area contributed by atoms with Crippen LogP contribution in [0.4, 0.5) is 0 Å². The van der Waals surface area contributed by atoms with Crippen molar-refractivity contribution in [1.29, 1.82) is 0 Å². The summed E-state index contributed by atoms with van der Waals surface area (Å²) in [5, 5.41) is 0.382. The number of amides is 1. The number of piperazine rings is 1. The predicted molar refractivity (Wildman–Crippen MR) is 76.6 cm³/mol. The Labute approximate surface area is 119 Å². The number of carbonyl (C=O) groups is 1. The quantitative estimate of drug-likeness (QED) is 0.797. The van der Waals surface area contributed by atoms with E-state index in [-0.39, 0.29) is 5.91 Å². The summed E-state index contributed by atoms with van der Waals surface area (Å²) < 4.78 is 0. The molecule has 0 atom stereocenters. The molecule has 0 aromatic carbocycles. The Balaban J connectivity index is 2.01. The van der Waals surface area contributed by atoms with Gasteiger partial charge in [-0.1, -0.05) is 18.5 Å². The molecule has 2 heterocycles. The van der Waals surface area contributed by atoms with Crippen molar-refractivity contribution in [3.05, 3.63) is 28.5 Å². The predicted octanol–water partition coefficient (Wildman–Crippen LogP) is 2.21. The molecule has 0 radical (unpaired) electrons. The second-order valence-electron chi connectivity index (χ2n) is 4.95. The van der Waals surface area contributed by atoms with Crippen molar-refractivity contribution in [3.63, 3.8) is 0 Å². The van der Waals surface area contributed by atoms with E-state index in [4.69, 9.17) is 11.6 Å². The molecule has 19 heavy (non-hydrogen) atoms. The highest BCUT2D eigenvalue weighted by atomic mass is 35.5. The van der Waals surface area contributed by atoms with Crippen LogP contribution in [0.5, 0.6) is 0 Å². The molecule has 1 aliphatic heterocycles. The summed E-state index contributed by atoms with van der Waals surface area (Å²) in [6, 6.07) is 3.45. The molecule has 0 saturated carbocycles. The molecule has 1 saturated heterocycles. The van der Waals surface area contributed by atoms with Crippen LogP contribution in [0.15, 0.2) is 12.1 Å². The summed E-state index contributed by atoms with van der Waals surface area (Å²) in [7, 11) is 0. The van der Waals surface area contributed by atoms with Crippen LogP contribution in [0.1, 0.15) is 29.4 Å². The first-order chi connectivity index (χ1) is 9.10. The van der Waals surface area contributed by atoms with Crippen molar-refractivity contribution in [2.75, 3.05) is 32.7 Å². The Morgan fingerprint density at radius 3 is 2.58 bits per heavy atom. The van der Waals surface area contributed by atoms with Gasteiger partial charge in [0.2, 0.25) is 0 Å². The van der Waals surface area contributed by atoms with Crippen LogP contribution in [-0.4, -0.2) is 53.4 Å². The van der Waals surface area contributed by atoms with Crippen LogP contribution >= 0.6 is 11.6 Å². The maximum atomic E-state index is 12.4. The fraction of sp³-hybridized carbons (Fsp3) is 0.571. The SMILES string of the molecule is CCCN1CCN(C(=O)c2cc(C)nc(Cl)c2)CC1. The molecule has 1 fully saturated rings. The zero-order chi connectivity index (χ0) is 13.8. The number of pyridine rings is 1. The number of hydrogen-bond donors (Lipinski definition) is 0. The molecule has 5 heteroatoms. The van der Waals surface area contributed by atoms with Crippen molar-refractivity contribution in [2.45, 2.75) is 20.3 Å². The first-order valence-electron chi connectivity index (χ1n) is 6.76. The Morgan fingerprint density at radius 1 is 1.32 bits per heavy atom. The summed E-state index contributed by atoms with van der Waals surface area (Å²) in [5.74, 6) is 0.0588. The Kier molecular flexibility index (Phi) is 4.77. The summed E-state index contributed by atoms with van der Waals surface area (Å²) >= 11 is 5.91.